The van der Waals surface area contributed by atoms with Crippen LogP contribution in [0.5, 0.6) is 11.5 Å². The largest absolute Gasteiger partial charge is 0.485 e. The summed E-state index contributed by atoms with van der Waals surface area (Å²) in [5.41, 5.74) is 3.97. The van der Waals surface area contributed by atoms with Crippen molar-refractivity contribution in [2.24, 2.45) is 0 Å². The van der Waals surface area contributed by atoms with Gasteiger partial charge < -0.3 is 19.4 Å². The molecule has 0 atom stereocenters. The lowest BCUT2D eigenvalue weighted by molar-refractivity contribution is 0.307. The average Bonchev–Trinajstić information content (AvgIpc) is 2.66. The minimum absolute atomic E-state index is 0.186. The van der Waals surface area contributed by atoms with E-state index in [0.717, 1.165) is 23.9 Å². The summed E-state index contributed by atoms with van der Waals surface area (Å²) in [6, 6.07) is 5.87. The Balaban J connectivity index is 2.33. The molecule has 0 saturated carbocycles. The van der Waals surface area contributed by atoms with Crippen LogP contribution < -0.4 is 19.9 Å². The number of hydrogen-bond acceptors (Lipinski definition) is 4. The van der Waals surface area contributed by atoms with E-state index in [4.69, 9.17) is 9.47 Å². The lowest BCUT2D eigenvalue weighted by atomic mass is 10.1. The van der Waals surface area contributed by atoms with Crippen LogP contribution in [0.1, 0.15) is 33.6 Å². The lowest BCUT2D eigenvalue weighted by Gasteiger charge is -2.16. The first-order chi connectivity index (χ1) is 13.8. The van der Waals surface area contributed by atoms with Gasteiger partial charge in [0.05, 0.1) is 5.52 Å². The first kappa shape index (κ1) is 22.3. The summed E-state index contributed by atoms with van der Waals surface area (Å²) in [5.74, 6) is 0.648. The molecular formula is C24H32N2O3. The summed E-state index contributed by atoms with van der Waals surface area (Å²) in [6.07, 6.45) is 7.88. The van der Waals surface area contributed by atoms with Gasteiger partial charge in [0.15, 0.2) is 5.75 Å². The van der Waals surface area contributed by atoms with Gasteiger partial charge in [-0.2, -0.15) is 0 Å². The number of nitrogens with zero attached hydrogens (tertiary/aromatic N) is 1. The molecule has 2 aromatic rings. The van der Waals surface area contributed by atoms with E-state index < -0.39 is 0 Å². The molecule has 0 amide bonds. The van der Waals surface area contributed by atoms with E-state index in [-0.39, 0.29) is 17.9 Å². The zero-order valence-electron chi connectivity index (χ0n) is 18.2. The second-order valence-corrected chi connectivity index (χ2v) is 7.52. The number of nitrogens with one attached hydrogen (secondary N) is 1. The standard InChI is InChI=1S/C24H32N2O3/c1-7-14-28-23-22(29-15-13-18(4)10-8-9-17(2)3)20-12-11-19(26(5)6)16-21(20)25-24(23)27/h7,9,11-13,16H,1,8,10,14-15H2,2-6H3,(H,25,27). The zero-order valence-corrected chi connectivity index (χ0v) is 18.2. The third-order valence-corrected chi connectivity index (χ3v) is 4.52. The number of aromatic amines is 1. The number of H-pyrrole nitrogens is 1. The number of hydrogen-bond donors (Lipinski definition) is 1. The van der Waals surface area contributed by atoms with Gasteiger partial charge in [0.25, 0.3) is 5.56 Å². The van der Waals surface area contributed by atoms with E-state index in [9.17, 15) is 4.79 Å². The number of allylic oxidation sites excluding steroid dienone is 3. The van der Waals surface area contributed by atoms with Gasteiger partial charge in [-0.1, -0.05) is 29.9 Å². The molecule has 1 aromatic heterocycles. The van der Waals surface area contributed by atoms with E-state index in [0.29, 0.717) is 17.9 Å². The van der Waals surface area contributed by atoms with Crippen LogP contribution in [0.15, 0.2) is 58.9 Å². The lowest BCUT2D eigenvalue weighted by Crippen LogP contribution is -2.15. The summed E-state index contributed by atoms with van der Waals surface area (Å²) in [5, 5.41) is 0.810. The Morgan fingerprint density at radius 2 is 1.83 bits per heavy atom. The molecule has 0 fully saturated rings. The molecule has 0 spiro atoms. The molecule has 0 aliphatic rings. The Kier molecular flexibility index (Phi) is 8.13. The van der Waals surface area contributed by atoms with Crippen LogP contribution in [-0.4, -0.2) is 32.3 Å². The van der Waals surface area contributed by atoms with Crippen molar-refractivity contribution in [3.8, 4) is 11.5 Å². The van der Waals surface area contributed by atoms with E-state index >= 15 is 0 Å². The summed E-state index contributed by atoms with van der Waals surface area (Å²) in [7, 11) is 3.92. The van der Waals surface area contributed by atoms with Gasteiger partial charge in [-0.05, 0) is 57.9 Å². The molecule has 0 radical (unpaired) electrons. The maximum atomic E-state index is 12.6. The van der Waals surface area contributed by atoms with Crippen LogP contribution in [0, 0.1) is 0 Å². The fourth-order valence-electron chi connectivity index (χ4n) is 2.89. The highest BCUT2D eigenvalue weighted by molar-refractivity contribution is 5.89. The van der Waals surface area contributed by atoms with Gasteiger partial charge in [0.2, 0.25) is 5.75 Å². The second kappa shape index (κ2) is 10.6. The number of aromatic nitrogens is 1. The summed E-state index contributed by atoms with van der Waals surface area (Å²) in [6.45, 7) is 10.6. The van der Waals surface area contributed by atoms with Gasteiger partial charge in [0, 0.05) is 25.2 Å². The Bertz CT molecular complexity index is 964. The highest BCUT2D eigenvalue weighted by Gasteiger charge is 2.16. The minimum Gasteiger partial charge on any atom is -0.485 e. The molecule has 1 N–H and O–H groups in total. The minimum atomic E-state index is -0.311. The molecule has 0 aliphatic heterocycles. The molecule has 5 heteroatoms. The number of ether oxygens (including phenoxy) is 2. The SMILES string of the molecule is C=CCOc1c(OCC=C(C)CCC=C(C)C)c2ccc(N(C)C)cc2[nH]c1=O. The van der Waals surface area contributed by atoms with E-state index in [2.05, 4.69) is 44.5 Å². The Morgan fingerprint density at radius 3 is 2.48 bits per heavy atom. The average molecular weight is 397 g/mol. The van der Waals surface area contributed by atoms with Crippen molar-refractivity contribution in [3.63, 3.8) is 0 Å². The van der Waals surface area contributed by atoms with Crippen LogP contribution in [0.3, 0.4) is 0 Å². The maximum absolute atomic E-state index is 12.6. The van der Waals surface area contributed by atoms with Crippen LogP contribution in [0.25, 0.3) is 10.9 Å². The molecule has 29 heavy (non-hydrogen) atoms. The van der Waals surface area contributed by atoms with Crippen LogP contribution in [0.4, 0.5) is 5.69 Å². The maximum Gasteiger partial charge on any atom is 0.294 e. The molecular weight excluding hydrogens is 364 g/mol. The Morgan fingerprint density at radius 1 is 1.10 bits per heavy atom. The second-order valence-electron chi connectivity index (χ2n) is 7.52. The molecule has 1 aromatic carbocycles. The number of anilines is 1. The zero-order chi connectivity index (χ0) is 21.4. The number of fused-ring (bicyclic) bond motifs is 1. The Hall–Kier alpha value is -2.95. The van der Waals surface area contributed by atoms with Crippen LogP contribution in [0.2, 0.25) is 0 Å². The van der Waals surface area contributed by atoms with Gasteiger partial charge >= 0.3 is 0 Å². The highest BCUT2D eigenvalue weighted by Crippen LogP contribution is 2.33. The van der Waals surface area contributed by atoms with E-state index in [1.54, 1.807) is 6.08 Å². The molecule has 0 bridgehead atoms. The van der Waals surface area contributed by atoms with Crippen molar-refractivity contribution in [2.75, 3.05) is 32.2 Å². The van der Waals surface area contributed by atoms with Crippen molar-refractivity contribution in [3.05, 3.63) is 64.5 Å². The number of pyridine rings is 1. The van der Waals surface area contributed by atoms with Crippen LogP contribution in [-0.2, 0) is 0 Å². The fraction of sp³-hybridized carbons (Fsp3) is 0.375. The predicted molar refractivity (Wildman–Crippen MR) is 123 cm³/mol. The fourth-order valence-corrected chi connectivity index (χ4v) is 2.89. The predicted octanol–water partition coefficient (Wildman–Crippen LogP) is 5.23. The third-order valence-electron chi connectivity index (χ3n) is 4.52. The topological polar surface area (TPSA) is 54.6 Å². The van der Waals surface area contributed by atoms with Crippen molar-refractivity contribution in [2.45, 2.75) is 33.6 Å². The molecule has 0 aliphatic carbocycles. The van der Waals surface area contributed by atoms with E-state index in [1.165, 1.54) is 11.1 Å². The van der Waals surface area contributed by atoms with Crippen molar-refractivity contribution in [1.29, 1.82) is 0 Å². The molecule has 156 valence electrons. The van der Waals surface area contributed by atoms with Gasteiger partial charge in [-0.25, -0.2) is 0 Å². The first-order valence-corrected chi connectivity index (χ1v) is 9.86. The van der Waals surface area contributed by atoms with Gasteiger partial charge in [-0.3, -0.25) is 4.79 Å². The molecule has 1 heterocycles. The Labute approximate surface area is 173 Å². The normalized spacial score (nSPS) is 11.3. The molecule has 5 nitrogen and oxygen atoms in total. The summed E-state index contributed by atoms with van der Waals surface area (Å²) < 4.78 is 11.7. The quantitative estimate of drug-likeness (QED) is 0.559. The van der Waals surface area contributed by atoms with Crippen LogP contribution >= 0.6 is 0 Å². The number of benzene rings is 1. The first-order valence-electron chi connectivity index (χ1n) is 9.86. The van der Waals surface area contributed by atoms with Crippen molar-refractivity contribution < 1.29 is 9.47 Å². The molecule has 0 saturated heterocycles. The monoisotopic (exact) mass is 396 g/mol. The van der Waals surface area contributed by atoms with Crippen molar-refractivity contribution >= 4 is 16.6 Å². The highest BCUT2D eigenvalue weighted by atomic mass is 16.5. The van der Waals surface area contributed by atoms with Crippen molar-refractivity contribution in [1.82, 2.24) is 4.98 Å². The molecule has 0 unspecified atom stereocenters. The smallest absolute Gasteiger partial charge is 0.294 e. The van der Waals surface area contributed by atoms with Gasteiger partial charge in [0.1, 0.15) is 13.2 Å². The van der Waals surface area contributed by atoms with E-state index in [1.807, 2.05) is 37.2 Å². The van der Waals surface area contributed by atoms with Gasteiger partial charge in [-0.15, -0.1) is 0 Å². The summed E-state index contributed by atoms with van der Waals surface area (Å²) in [4.78, 5) is 17.5. The summed E-state index contributed by atoms with van der Waals surface area (Å²) >= 11 is 0. The molecule has 2 rings (SSSR count). The number of rotatable bonds is 10. The third kappa shape index (κ3) is 6.28.